The Bertz CT molecular complexity index is 398. The molecule has 98 valence electrons. The number of hydrogen-bond acceptors (Lipinski definition) is 3. The highest BCUT2D eigenvalue weighted by Crippen LogP contribution is 2.22. The van der Waals surface area contributed by atoms with Crippen LogP contribution in [-0.4, -0.2) is 55.1 Å². The van der Waals surface area contributed by atoms with E-state index in [0.29, 0.717) is 0 Å². The largest absolute Gasteiger partial charge is 0.314 e. The van der Waals surface area contributed by atoms with Gasteiger partial charge < -0.3 is 5.32 Å². The van der Waals surface area contributed by atoms with E-state index in [1.54, 1.807) is 0 Å². The minimum Gasteiger partial charge on any atom is -0.314 e. The lowest BCUT2D eigenvalue weighted by Gasteiger charge is -2.47. The van der Waals surface area contributed by atoms with E-state index in [0.717, 1.165) is 30.7 Å². The lowest BCUT2D eigenvalue weighted by Crippen LogP contribution is -2.62. The number of piperazine rings is 1. The summed E-state index contributed by atoms with van der Waals surface area (Å²) in [6, 6.07) is 8.92. The first-order valence-corrected chi connectivity index (χ1v) is 7.11. The van der Waals surface area contributed by atoms with E-state index in [1.165, 1.54) is 31.7 Å². The van der Waals surface area contributed by atoms with Crippen molar-refractivity contribution in [1.82, 2.24) is 15.1 Å². The summed E-state index contributed by atoms with van der Waals surface area (Å²) < 4.78 is 0. The number of halogens is 1. The van der Waals surface area contributed by atoms with Gasteiger partial charge in [-0.1, -0.05) is 29.8 Å². The van der Waals surface area contributed by atoms with Crippen LogP contribution in [0, 0.1) is 0 Å². The van der Waals surface area contributed by atoms with Crippen molar-refractivity contribution >= 4 is 11.6 Å². The Morgan fingerprint density at radius 1 is 1.17 bits per heavy atom. The second kappa shape index (κ2) is 5.57. The Balaban J connectivity index is 1.49. The van der Waals surface area contributed by atoms with Crippen LogP contribution in [-0.2, 0) is 6.54 Å². The number of benzene rings is 1. The first kappa shape index (κ1) is 12.4. The van der Waals surface area contributed by atoms with Gasteiger partial charge in [0.15, 0.2) is 0 Å². The number of nitrogens with zero attached hydrogens (tertiary/aromatic N) is 2. The van der Waals surface area contributed by atoms with Gasteiger partial charge in [-0.2, -0.15) is 0 Å². The molecule has 1 aromatic carbocycles. The second-order valence-electron chi connectivity index (χ2n) is 5.23. The number of rotatable bonds is 3. The fourth-order valence-corrected chi connectivity index (χ4v) is 3.01. The van der Waals surface area contributed by atoms with Crippen molar-refractivity contribution < 1.29 is 0 Å². The highest BCUT2D eigenvalue weighted by Gasteiger charge is 2.32. The van der Waals surface area contributed by atoms with Crippen LogP contribution in [0.1, 0.15) is 5.56 Å². The fraction of sp³-hybridized carbons (Fsp3) is 0.571. The van der Waals surface area contributed by atoms with Crippen molar-refractivity contribution in [2.75, 3.05) is 39.3 Å². The maximum atomic E-state index is 6.19. The van der Waals surface area contributed by atoms with Crippen molar-refractivity contribution in [3.8, 4) is 0 Å². The maximum absolute atomic E-state index is 6.19. The molecule has 1 aromatic rings. The molecular weight excluding hydrogens is 246 g/mol. The molecule has 4 heteroatoms. The molecule has 0 aromatic heterocycles. The number of nitrogens with one attached hydrogen (secondary N) is 1. The Morgan fingerprint density at radius 3 is 2.61 bits per heavy atom. The van der Waals surface area contributed by atoms with Crippen LogP contribution >= 0.6 is 11.6 Å². The molecule has 2 aliphatic rings. The number of likely N-dealkylation sites (tertiary alicyclic amines) is 1. The van der Waals surface area contributed by atoms with Crippen LogP contribution in [0.3, 0.4) is 0 Å². The van der Waals surface area contributed by atoms with Gasteiger partial charge in [-0.05, 0) is 11.6 Å². The molecule has 2 saturated heterocycles. The molecule has 0 aliphatic carbocycles. The summed E-state index contributed by atoms with van der Waals surface area (Å²) in [5.74, 6) is 0. The third kappa shape index (κ3) is 2.69. The van der Waals surface area contributed by atoms with Crippen LogP contribution < -0.4 is 5.32 Å². The second-order valence-corrected chi connectivity index (χ2v) is 5.63. The van der Waals surface area contributed by atoms with Crippen molar-refractivity contribution in [3.63, 3.8) is 0 Å². The third-order valence-electron chi connectivity index (χ3n) is 3.96. The standard InChI is InChI=1S/C14H20ClN3/c15-14-4-2-1-3-12(14)9-17-10-13(11-17)18-7-5-16-6-8-18/h1-4,13,16H,5-11H2. The summed E-state index contributed by atoms with van der Waals surface area (Å²) in [5, 5.41) is 4.30. The van der Waals surface area contributed by atoms with Crippen molar-refractivity contribution in [3.05, 3.63) is 34.9 Å². The predicted octanol–water partition coefficient (Wildman–Crippen LogP) is 1.43. The van der Waals surface area contributed by atoms with Crippen molar-refractivity contribution in [2.24, 2.45) is 0 Å². The average molecular weight is 266 g/mol. The van der Waals surface area contributed by atoms with Gasteiger partial charge in [0.1, 0.15) is 0 Å². The molecule has 2 aliphatic heterocycles. The van der Waals surface area contributed by atoms with Crippen molar-refractivity contribution in [1.29, 1.82) is 0 Å². The molecule has 0 saturated carbocycles. The van der Waals surface area contributed by atoms with E-state index >= 15 is 0 Å². The van der Waals surface area contributed by atoms with Gasteiger partial charge in [0.25, 0.3) is 0 Å². The summed E-state index contributed by atoms with van der Waals surface area (Å²) in [4.78, 5) is 5.09. The summed E-state index contributed by atoms with van der Waals surface area (Å²) in [5.41, 5.74) is 1.25. The van der Waals surface area contributed by atoms with Gasteiger partial charge in [0, 0.05) is 56.9 Å². The molecule has 3 nitrogen and oxygen atoms in total. The van der Waals surface area contributed by atoms with Gasteiger partial charge in [-0.3, -0.25) is 9.80 Å². The lowest BCUT2D eigenvalue weighted by atomic mass is 10.0. The highest BCUT2D eigenvalue weighted by molar-refractivity contribution is 6.31. The molecule has 0 spiro atoms. The first-order valence-electron chi connectivity index (χ1n) is 6.73. The SMILES string of the molecule is Clc1ccccc1CN1CC(N2CCNCC2)C1. The topological polar surface area (TPSA) is 18.5 Å². The molecule has 1 N–H and O–H groups in total. The number of hydrogen-bond donors (Lipinski definition) is 1. The zero-order valence-corrected chi connectivity index (χ0v) is 11.4. The minimum atomic E-state index is 0.759. The van der Waals surface area contributed by atoms with E-state index in [4.69, 9.17) is 11.6 Å². The Kier molecular flexibility index (Phi) is 3.85. The van der Waals surface area contributed by atoms with Gasteiger partial charge in [0.05, 0.1) is 0 Å². The molecule has 18 heavy (non-hydrogen) atoms. The van der Waals surface area contributed by atoms with Crippen LogP contribution in [0.15, 0.2) is 24.3 Å². The lowest BCUT2D eigenvalue weighted by molar-refractivity contribution is 0.0223. The van der Waals surface area contributed by atoms with Crippen LogP contribution in [0.2, 0.25) is 5.02 Å². The summed E-state index contributed by atoms with van der Waals surface area (Å²) in [7, 11) is 0. The molecule has 0 bridgehead atoms. The summed E-state index contributed by atoms with van der Waals surface area (Å²) in [6.07, 6.45) is 0. The highest BCUT2D eigenvalue weighted by atomic mass is 35.5. The average Bonchev–Trinajstić information content (AvgIpc) is 2.36. The van der Waals surface area contributed by atoms with E-state index in [-0.39, 0.29) is 0 Å². The Labute approximate surface area is 114 Å². The first-order chi connectivity index (χ1) is 8.83. The van der Waals surface area contributed by atoms with E-state index < -0.39 is 0 Å². The van der Waals surface area contributed by atoms with Crippen LogP contribution in [0.25, 0.3) is 0 Å². The van der Waals surface area contributed by atoms with Crippen LogP contribution in [0.5, 0.6) is 0 Å². The Morgan fingerprint density at radius 2 is 1.89 bits per heavy atom. The smallest absolute Gasteiger partial charge is 0.0451 e. The molecule has 0 radical (unpaired) electrons. The quantitative estimate of drug-likeness (QED) is 0.892. The molecule has 0 amide bonds. The minimum absolute atomic E-state index is 0.759. The molecule has 2 heterocycles. The fourth-order valence-electron chi connectivity index (χ4n) is 2.82. The van der Waals surface area contributed by atoms with E-state index in [9.17, 15) is 0 Å². The predicted molar refractivity (Wildman–Crippen MR) is 75.0 cm³/mol. The van der Waals surface area contributed by atoms with Crippen LogP contribution in [0.4, 0.5) is 0 Å². The van der Waals surface area contributed by atoms with Gasteiger partial charge in [-0.25, -0.2) is 0 Å². The van der Waals surface area contributed by atoms with Crippen molar-refractivity contribution in [2.45, 2.75) is 12.6 Å². The van der Waals surface area contributed by atoms with E-state index in [2.05, 4.69) is 27.2 Å². The van der Waals surface area contributed by atoms with Gasteiger partial charge >= 0.3 is 0 Å². The zero-order chi connectivity index (χ0) is 12.4. The molecule has 3 rings (SSSR count). The molecule has 0 atom stereocenters. The maximum Gasteiger partial charge on any atom is 0.0451 e. The molecule has 2 fully saturated rings. The normalized spacial score (nSPS) is 22.9. The Hall–Kier alpha value is -0.610. The summed E-state index contributed by atoms with van der Waals surface area (Å²) in [6.45, 7) is 8.04. The molecule has 0 unspecified atom stereocenters. The summed E-state index contributed by atoms with van der Waals surface area (Å²) >= 11 is 6.19. The zero-order valence-electron chi connectivity index (χ0n) is 10.6. The van der Waals surface area contributed by atoms with Gasteiger partial charge in [0.2, 0.25) is 0 Å². The molecular formula is C14H20ClN3. The monoisotopic (exact) mass is 265 g/mol. The van der Waals surface area contributed by atoms with Gasteiger partial charge in [-0.15, -0.1) is 0 Å². The third-order valence-corrected chi connectivity index (χ3v) is 4.33. The van der Waals surface area contributed by atoms with E-state index in [1.807, 2.05) is 12.1 Å².